The van der Waals surface area contributed by atoms with Crippen LogP contribution in [0.25, 0.3) is 0 Å². The number of carbonyl (C=O) groups is 2. The van der Waals surface area contributed by atoms with E-state index in [4.69, 9.17) is 9.84 Å². The molecule has 0 saturated carbocycles. The minimum absolute atomic E-state index is 0.137. The number of rotatable bonds is 4. The SMILES string of the molecule is C=CC(=O)OCc1ccc(NC(=O)O)cc1. The van der Waals surface area contributed by atoms with Crippen molar-refractivity contribution in [2.45, 2.75) is 6.61 Å². The Morgan fingerprint density at radius 3 is 2.50 bits per heavy atom. The van der Waals surface area contributed by atoms with E-state index in [2.05, 4.69) is 11.9 Å². The first kappa shape index (κ1) is 11.8. The molecule has 0 heterocycles. The van der Waals surface area contributed by atoms with Crippen LogP contribution in [0.1, 0.15) is 5.56 Å². The van der Waals surface area contributed by atoms with Crippen molar-refractivity contribution < 1.29 is 19.4 Å². The van der Waals surface area contributed by atoms with Crippen molar-refractivity contribution in [3.8, 4) is 0 Å². The van der Waals surface area contributed by atoms with E-state index in [1.165, 1.54) is 0 Å². The number of benzene rings is 1. The fraction of sp³-hybridized carbons (Fsp3) is 0.0909. The van der Waals surface area contributed by atoms with Crippen LogP contribution in [0.4, 0.5) is 10.5 Å². The smallest absolute Gasteiger partial charge is 0.409 e. The number of hydrogen-bond acceptors (Lipinski definition) is 3. The molecule has 5 heteroatoms. The van der Waals surface area contributed by atoms with Crippen LogP contribution in [-0.2, 0) is 16.1 Å². The minimum Gasteiger partial charge on any atom is -0.465 e. The lowest BCUT2D eigenvalue weighted by Crippen LogP contribution is -2.07. The summed E-state index contributed by atoms with van der Waals surface area (Å²) in [7, 11) is 0. The Morgan fingerprint density at radius 2 is 2.00 bits per heavy atom. The van der Waals surface area contributed by atoms with E-state index in [-0.39, 0.29) is 6.61 Å². The van der Waals surface area contributed by atoms with Gasteiger partial charge in [-0.3, -0.25) is 5.32 Å². The van der Waals surface area contributed by atoms with Crippen LogP contribution in [0, 0.1) is 0 Å². The number of esters is 1. The van der Waals surface area contributed by atoms with Crippen molar-refractivity contribution in [1.82, 2.24) is 0 Å². The van der Waals surface area contributed by atoms with Gasteiger partial charge in [0.2, 0.25) is 0 Å². The van der Waals surface area contributed by atoms with Gasteiger partial charge in [0.25, 0.3) is 0 Å². The van der Waals surface area contributed by atoms with E-state index in [1.54, 1.807) is 24.3 Å². The van der Waals surface area contributed by atoms with Crippen molar-refractivity contribution >= 4 is 17.7 Å². The van der Waals surface area contributed by atoms with Gasteiger partial charge in [0.1, 0.15) is 6.61 Å². The highest BCUT2D eigenvalue weighted by Crippen LogP contribution is 2.10. The van der Waals surface area contributed by atoms with Crippen LogP contribution in [0.15, 0.2) is 36.9 Å². The van der Waals surface area contributed by atoms with Gasteiger partial charge in [0.15, 0.2) is 0 Å². The predicted molar refractivity (Wildman–Crippen MR) is 58.1 cm³/mol. The lowest BCUT2D eigenvalue weighted by Gasteiger charge is -2.04. The fourth-order valence-electron chi connectivity index (χ4n) is 1.02. The molecule has 0 unspecified atom stereocenters. The molecular weight excluding hydrogens is 210 g/mol. The number of anilines is 1. The zero-order chi connectivity index (χ0) is 12.0. The normalized spacial score (nSPS) is 9.25. The van der Waals surface area contributed by atoms with Crippen LogP contribution in [0.2, 0.25) is 0 Å². The number of hydrogen-bond donors (Lipinski definition) is 2. The summed E-state index contributed by atoms with van der Waals surface area (Å²) in [5.74, 6) is -0.493. The quantitative estimate of drug-likeness (QED) is 0.602. The lowest BCUT2D eigenvalue weighted by molar-refractivity contribution is -0.138. The number of ether oxygens (including phenoxy) is 1. The molecule has 1 amide bonds. The van der Waals surface area contributed by atoms with E-state index >= 15 is 0 Å². The summed E-state index contributed by atoms with van der Waals surface area (Å²) in [5, 5.41) is 10.7. The molecule has 0 fully saturated rings. The van der Waals surface area contributed by atoms with E-state index in [1.807, 2.05) is 0 Å². The maximum atomic E-state index is 10.8. The van der Waals surface area contributed by atoms with Gasteiger partial charge in [-0.05, 0) is 17.7 Å². The van der Waals surface area contributed by atoms with Crippen molar-refractivity contribution in [2.75, 3.05) is 5.32 Å². The second-order valence-corrected chi connectivity index (χ2v) is 2.94. The molecule has 0 atom stereocenters. The largest absolute Gasteiger partial charge is 0.465 e. The lowest BCUT2D eigenvalue weighted by atomic mass is 10.2. The third kappa shape index (κ3) is 3.83. The highest BCUT2D eigenvalue weighted by atomic mass is 16.5. The maximum absolute atomic E-state index is 10.8. The van der Waals surface area contributed by atoms with Gasteiger partial charge < -0.3 is 9.84 Å². The summed E-state index contributed by atoms with van der Waals surface area (Å²) in [4.78, 5) is 21.1. The predicted octanol–water partition coefficient (Wildman–Crippen LogP) is 2.01. The van der Waals surface area contributed by atoms with Crippen LogP contribution < -0.4 is 5.32 Å². The molecule has 5 nitrogen and oxygen atoms in total. The first-order valence-electron chi connectivity index (χ1n) is 4.50. The summed E-state index contributed by atoms with van der Waals surface area (Å²) >= 11 is 0. The Labute approximate surface area is 92.3 Å². The van der Waals surface area contributed by atoms with Crippen LogP contribution >= 0.6 is 0 Å². The fourth-order valence-corrected chi connectivity index (χ4v) is 1.02. The highest BCUT2D eigenvalue weighted by molar-refractivity contribution is 5.82. The van der Waals surface area contributed by atoms with Gasteiger partial charge in [-0.1, -0.05) is 18.7 Å². The Hall–Kier alpha value is -2.30. The number of carboxylic acid groups (broad SMARTS) is 1. The van der Waals surface area contributed by atoms with Crippen LogP contribution in [0.5, 0.6) is 0 Å². The van der Waals surface area contributed by atoms with E-state index in [0.29, 0.717) is 5.69 Å². The second-order valence-electron chi connectivity index (χ2n) is 2.94. The zero-order valence-electron chi connectivity index (χ0n) is 8.47. The summed E-state index contributed by atoms with van der Waals surface area (Å²) in [6.07, 6.45) is -0.0359. The van der Waals surface area contributed by atoms with Crippen molar-refractivity contribution in [3.63, 3.8) is 0 Å². The number of amides is 1. The van der Waals surface area contributed by atoms with Crippen molar-refractivity contribution in [1.29, 1.82) is 0 Å². The first-order chi connectivity index (χ1) is 7.61. The van der Waals surface area contributed by atoms with E-state index in [0.717, 1.165) is 11.6 Å². The minimum atomic E-state index is -1.12. The number of carbonyl (C=O) groups excluding carboxylic acids is 1. The molecule has 0 aliphatic heterocycles. The van der Waals surface area contributed by atoms with Gasteiger partial charge in [-0.2, -0.15) is 0 Å². The zero-order valence-corrected chi connectivity index (χ0v) is 8.47. The Balaban J connectivity index is 2.54. The summed E-state index contributed by atoms with van der Waals surface area (Å²) in [6, 6.07) is 6.51. The average Bonchev–Trinajstić information content (AvgIpc) is 2.27. The molecule has 0 saturated heterocycles. The Bertz CT molecular complexity index is 397. The molecule has 1 aromatic carbocycles. The molecule has 16 heavy (non-hydrogen) atoms. The molecule has 0 aliphatic rings. The van der Waals surface area contributed by atoms with Gasteiger partial charge in [-0.15, -0.1) is 0 Å². The summed E-state index contributed by atoms with van der Waals surface area (Å²) in [6.45, 7) is 3.41. The van der Waals surface area contributed by atoms with Gasteiger partial charge in [0, 0.05) is 11.8 Å². The van der Waals surface area contributed by atoms with Crippen LogP contribution in [-0.4, -0.2) is 17.2 Å². The second kappa shape index (κ2) is 5.55. The molecule has 84 valence electrons. The molecule has 0 bridgehead atoms. The van der Waals surface area contributed by atoms with E-state index in [9.17, 15) is 9.59 Å². The molecular formula is C11H11NO4. The van der Waals surface area contributed by atoms with Crippen molar-refractivity contribution in [3.05, 3.63) is 42.5 Å². The molecule has 0 aromatic heterocycles. The topological polar surface area (TPSA) is 75.6 Å². The molecule has 0 radical (unpaired) electrons. The molecule has 0 spiro atoms. The Kier molecular flexibility index (Phi) is 4.08. The summed E-state index contributed by atoms with van der Waals surface area (Å²) in [5.41, 5.74) is 1.23. The molecule has 1 aromatic rings. The van der Waals surface area contributed by atoms with Gasteiger partial charge in [-0.25, -0.2) is 9.59 Å². The highest BCUT2D eigenvalue weighted by Gasteiger charge is 2.00. The van der Waals surface area contributed by atoms with Crippen molar-refractivity contribution in [2.24, 2.45) is 0 Å². The molecule has 2 N–H and O–H groups in total. The standard InChI is InChI=1S/C11H11NO4/c1-2-10(13)16-7-8-3-5-9(6-4-8)12-11(14)15/h2-6,12H,1,7H2,(H,14,15). The van der Waals surface area contributed by atoms with Crippen LogP contribution in [0.3, 0.4) is 0 Å². The molecule has 1 rings (SSSR count). The summed E-state index contributed by atoms with van der Waals surface area (Å²) < 4.78 is 4.80. The Morgan fingerprint density at radius 1 is 1.38 bits per heavy atom. The third-order valence-corrected chi connectivity index (χ3v) is 1.75. The van der Waals surface area contributed by atoms with E-state index < -0.39 is 12.1 Å². The number of nitrogens with one attached hydrogen (secondary N) is 1. The third-order valence-electron chi connectivity index (χ3n) is 1.75. The first-order valence-corrected chi connectivity index (χ1v) is 4.50. The van der Waals surface area contributed by atoms with Gasteiger partial charge in [0.05, 0.1) is 0 Å². The average molecular weight is 221 g/mol. The molecule has 0 aliphatic carbocycles. The maximum Gasteiger partial charge on any atom is 0.409 e. The van der Waals surface area contributed by atoms with Gasteiger partial charge >= 0.3 is 12.1 Å². The monoisotopic (exact) mass is 221 g/mol.